The predicted molar refractivity (Wildman–Crippen MR) is 80.3 cm³/mol. The summed E-state index contributed by atoms with van der Waals surface area (Å²) < 4.78 is 0. The van der Waals surface area contributed by atoms with E-state index < -0.39 is 11.9 Å². The van der Waals surface area contributed by atoms with Crippen molar-refractivity contribution in [2.45, 2.75) is 84.1 Å². The Hall–Kier alpha value is -1.26. The normalized spacial score (nSPS) is 11.9. The van der Waals surface area contributed by atoms with Crippen LogP contribution in [0.15, 0.2) is 5.18 Å². The Bertz CT molecular complexity index is 293. The molecule has 1 atom stereocenters. The van der Waals surface area contributed by atoms with Crippen molar-refractivity contribution in [3.63, 3.8) is 0 Å². The van der Waals surface area contributed by atoms with E-state index in [4.69, 9.17) is 0 Å². The number of amides is 2. The molecule has 0 saturated carbocycles. The molecule has 1 unspecified atom stereocenters. The first kappa shape index (κ1) is 18.7. The smallest absolute Gasteiger partial charge is 0.308 e. The fourth-order valence-electron chi connectivity index (χ4n) is 2.05. The molecule has 0 aromatic carbocycles. The van der Waals surface area contributed by atoms with Gasteiger partial charge in [0.25, 0.3) is 0 Å². The van der Waals surface area contributed by atoms with Crippen LogP contribution in [0.1, 0.15) is 78.1 Å². The SMILES string of the molecule is CCCCCCCCCCCC(=O)NC(C)C(=O)N=O. The number of nitroso groups, excluding NO2 is 1. The van der Waals surface area contributed by atoms with Gasteiger partial charge in [-0.2, -0.15) is 0 Å². The monoisotopic (exact) mass is 284 g/mol. The van der Waals surface area contributed by atoms with Crippen LogP contribution in [0.3, 0.4) is 0 Å². The van der Waals surface area contributed by atoms with Crippen LogP contribution >= 0.6 is 0 Å². The van der Waals surface area contributed by atoms with Crippen molar-refractivity contribution in [3.05, 3.63) is 4.91 Å². The van der Waals surface area contributed by atoms with Crippen LogP contribution in [0.25, 0.3) is 0 Å². The molecule has 0 heterocycles. The molecule has 0 aromatic heterocycles. The molecule has 0 spiro atoms. The van der Waals surface area contributed by atoms with Crippen molar-refractivity contribution in [2.24, 2.45) is 5.18 Å². The largest absolute Gasteiger partial charge is 0.344 e. The molecule has 0 aliphatic heterocycles. The maximum atomic E-state index is 11.5. The minimum atomic E-state index is -0.828. The summed E-state index contributed by atoms with van der Waals surface area (Å²) in [4.78, 5) is 32.4. The third-order valence-electron chi connectivity index (χ3n) is 3.35. The lowest BCUT2D eigenvalue weighted by Crippen LogP contribution is -2.37. The Morgan fingerprint density at radius 3 is 1.95 bits per heavy atom. The molecule has 0 radical (unpaired) electrons. The Labute approximate surface area is 121 Å². The third kappa shape index (κ3) is 10.6. The second kappa shape index (κ2) is 12.8. The van der Waals surface area contributed by atoms with E-state index in [1.807, 2.05) is 0 Å². The predicted octanol–water partition coefficient (Wildman–Crippen LogP) is 3.71. The summed E-state index contributed by atoms with van der Waals surface area (Å²) >= 11 is 0. The van der Waals surface area contributed by atoms with Gasteiger partial charge in [0.05, 0.1) is 0 Å². The molecular formula is C15H28N2O3. The highest BCUT2D eigenvalue weighted by Crippen LogP contribution is 2.10. The first-order chi connectivity index (χ1) is 9.61. The van der Waals surface area contributed by atoms with Crippen molar-refractivity contribution < 1.29 is 9.59 Å². The Morgan fingerprint density at radius 2 is 1.45 bits per heavy atom. The first-order valence-corrected chi connectivity index (χ1v) is 7.78. The van der Waals surface area contributed by atoms with Gasteiger partial charge < -0.3 is 5.32 Å². The third-order valence-corrected chi connectivity index (χ3v) is 3.35. The van der Waals surface area contributed by atoms with E-state index in [0.717, 1.165) is 19.3 Å². The quantitative estimate of drug-likeness (QED) is 0.438. The van der Waals surface area contributed by atoms with Crippen molar-refractivity contribution in [2.75, 3.05) is 0 Å². The summed E-state index contributed by atoms with van der Waals surface area (Å²) in [5, 5.41) is 4.76. The molecule has 0 aliphatic carbocycles. The van der Waals surface area contributed by atoms with Gasteiger partial charge >= 0.3 is 5.91 Å². The van der Waals surface area contributed by atoms with Crippen LogP contribution in [-0.2, 0) is 9.59 Å². The maximum Gasteiger partial charge on any atom is 0.308 e. The topological polar surface area (TPSA) is 75.6 Å². The van der Waals surface area contributed by atoms with E-state index in [1.54, 1.807) is 0 Å². The van der Waals surface area contributed by atoms with Crippen LogP contribution in [-0.4, -0.2) is 17.9 Å². The number of nitrogens with one attached hydrogen (secondary N) is 1. The number of carbonyl (C=O) groups excluding carboxylic acids is 2. The molecule has 0 aromatic rings. The Morgan fingerprint density at radius 1 is 0.950 bits per heavy atom. The van der Waals surface area contributed by atoms with Crippen molar-refractivity contribution in [3.8, 4) is 0 Å². The van der Waals surface area contributed by atoms with Gasteiger partial charge in [0.1, 0.15) is 6.04 Å². The molecule has 1 N–H and O–H groups in total. The first-order valence-electron chi connectivity index (χ1n) is 7.78. The summed E-state index contributed by atoms with van der Waals surface area (Å²) in [5.74, 6) is -1.01. The van der Waals surface area contributed by atoms with Gasteiger partial charge in [0.2, 0.25) is 5.91 Å². The fourth-order valence-corrected chi connectivity index (χ4v) is 2.05. The zero-order valence-corrected chi connectivity index (χ0v) is 12.8. The maximum absolute atomic E-state index is 11.5. The summed E-state index contributed by atoms with van der Waals surface area (Å²) in [6, 6.07) is -0.807. The number of rotatable bonds is 12. The molecule has 0 saturated heterocycles. The fraction of sp³-hybridized carbons (Fsp3) is 0.867. The summed E-state index contributed by atoms with van der Waals surface area (Å²) in [5.41, 5.74) is 0. The van der Waals surface area contributed by atoms with Gasteiger partial charge in [-0.05, 0) is 13.3 Å². The minimum Gasteiger partial charge on any atom is -0.344 e. The molecule has 5 heteroatoms. The van der Waals surface area contributed by atoms with E-state index in [9.17, 15) is 14.5 Å². The van der Waals surface area contributed by atoms with Crippen molar-refractivity contribution in [1.29, 1.82) is 0 Å². The average molecular weight is 284 g/mol. The van der Waals surface area contributed by atoms with E-state index in [-0.39, 0.29) is 5.91 Å². The molecule has 5 nitrogen and oxygen atoms in total. The number of hydrogen-bond donors (Lipinski definition) is 1. The lowest BCUT2D eigenvalue weighted by atomic mass is 10.1. The highest BCUT2D eigenvalue weighted by Gasteiger charge is 2.15. The van der Waals surface area contributed by atoms with Gasteiger partial charge in [-0.3, -0.25) is 9.59 Å². The lowest BCUT2D eigenvalue weighted by Gasteiger charge is -2.08. The van der Waals surface area contributed by atoms with E-state index >= 15 is 0 Å². The number of hydrogen-bond acceptors (Lipinski definition) is 3. The van der Waals surface area contributed by atoms with Crippen LogP contribution in [0.5, 0.6) is 0 Å². The minimum absolute atomic E-state index is 0.183. The van der Waals surface area contributed by atoms with Gasteiger partial charge in [-0.25, -0.2) is 0 Å². The van der Waals surface area contributed by atoms with Gasteiger partial charge in [0.15, 0.2) is 0 Å². The van der Waals surface area contributed by atoms with Gasteiger partial charge in [-0.15, -0.1) is 4.91 Å². The van der Waals surface area contributed by atoms with Crippen LogP contribution < -0.4 is 5.32 Å². The molecule has 0 aliphatic rings. The summed E-state index contributed by atoms with van der Waals surface area (Å²) in [7, 11) is 0. The standard InChI is InChI=1S/C15H28N2O3/c1-3-4-5-6-7-8-9-10-11-12-14(18)16-13(2)15(19)17-20/h13H,3-12H2,1-2H3,(H,16,18). The second-order valence-corrected chi connectivity index (χ2v) is 5.30. The highest BCUT2D eigenvalue weighted by molar-refractivity contribution is 5.87. The van der Waals surface area contributed by atoms with Crippen molar-refractivity contribution >= 4 is 11.8 Å². The summed E-state index contributed by atoms with van der Waals surface area (Å²) in [6.07, 6.45) is 11.2. The molecule has 2 amide bonds. The molecule has 0 fully saturated rings. The van der Waals surface area contributed by atoms with E-state index in [1.165, 1.54) is 45.4 Å². The molecule has 0 bridgehead atoms. The molecular weight excluding hydrogens is 256 g/mol. The number of unbranched alkanes of at least 4 members (excludes halogenated alkanes) is 8. The lowest BCUT2D eigenvalue weighted by molar-refractivity contribution is -0.127. The second-order valence-electron chi connectivity index (χ2n) is 5.30. The molecule has 20 heavy (non-hydrogen) atoms. The number of nitrogens with zero attached hydrogens (tertiary/aromatic N) is 1. The summed E-state index contributed by atoms with van der Waals surface area (Å²) in [6.45, 7) is 3.68. The van der Waals surface area contributed by atoms with Crippen molar-refractivity contribution in [1.82, 2.24) is 5.32 Å². The molecule has 116 valence electrons. The number of carbonyl (C=O) groups is 2. The Balaban J connectivity index is 3.40. The van der Waals surface area contributed by atoms with E-state index in [0.29, 0.717) is 6.42 Å². The van der Waals surface area contributed by atoms with Crippen LogP contribution in [0.2, 0.25) is 0 Å². The average Bonchev–Trinajstić information content (AvgIpc) is 2.44. The van der Waals surface area contributed by atoms with Crippen LogP contribution in [0, 0.1) is 4.91 Å². The molecule has 0 rings (SSSR count). The van der Waals surface area contributed by atoms with Gasteiger partial charge in [-0.1, -0.05) is 58.3 Å². The zero-order chi connectivity index (χ0) is 15.2. The highest BCUT2D eigenvalue weighted by atomic mass is 16.3. The van der Waals surface area contributed by atoms with E-state index in [2.05, 4.69) is 17.4 Å². The van der Waals surface area contributed by atoms with Gasteiger partial charge in [0, 0.05) is 11.6 Å². The Kier molecular flexibility index (Phi) is 12.0. The van der Waals surface area contributed by atoms with Crippen LogP contribution in [0.4, 0.5) is 0 Å². The zero-order valence-electron chi connectivity index (χ0n) is 12.8.